The van der Waals surface area contributed by atoms with Gasteiger partial charge in [0.1, 0.15) is 5.78 Å². The van der Waals surface area contributed by atoms with Crippen molar-refractivity contribution in [2.45, 2.75) is 26.2 Å². The van der Waals surface area contributed by atoms with Gasteiger partial charge < -0.3 is 5.32 Å². The summed E-state index contributed by atoms with van der Waals surface area (Å²) in [6.07, 6.45) is 3.20. The summed E-state index contributed by atoms with van der Waals surface area (Å²) >= 11 is 0. The first kappa shape index (κ1) is 14.1. The molecule has 6 heteroatoms. The van der Waals surface area contributed by atoms with E-state index in [1.807, 2.05) is 0 Å². The average molecular weight is 252 g/mol. The van der Waals surface area contributed by atoms with E-state index in [2.05, 4.69) is 5.32 Å². The lowest BCUT2D eigenvalue weighted by atomic mass is 10.2. The van der Waals surface area contributed by atoms with E-state index in [9.17, 15) is 19.2 Å². The minimum atomic E-state index is -0.365. The first-order chi connectivity index (χ1) is 8.54. The Kier molecular flexibility index (Phi) is 5.23. The van der Waals surface area contributed by atoms with Gasteiger partial charge in [0, 0.05) is 44.5 Å². The molecule has 0 fully saturated rings. The van der Waals surface area contributed by atoms with E-state index in [0.29, 0.717) is 6.42 Å². The molecule has 1 rings (SSSR count). The Balaban J connectivity index is 2.18. The first-order valence-electron chi connectivity index (χ1n) is 5.86. The fourth-order valence-electron chi connectivity index (χ4n) is 1.48. The second-order valence-corrected chi connectivity index (χ2v) is 3.90. The standard InChI is InChI=1S/C12H16N2O4/c1-2-9(15)3-4-10(16)13-7-8-14-11(17)5-6-12(14)18/h5-6H,2-4,7-8H2,1H3,(H,13,16). The Morgan fingerprint density at radius 1 is 1.17 bits per heavy atom. The second-order valence-electron chi connectivity index (χ2n) is 3.90. The third-order valence-corrected chi connectivity index (χ3v) is 2.58. The Labute approximate surface area is 105 Å². The first-order valence-corrected chi connectivity index (χ1v) is 5.86. The monoisotopic (exact) mass is 252 g/mol. The molecule has 18 heavy (non-hydrogen) atoms. The van der Waals surface area contributed by atoms with Crippen molar-refractivity contribution in [1.82, 2.24) is 10.2 Å². The van der Waals surface area contributed by atoms with E-state index >= 15 is 0 Å². The highest BCUT2D eigenvalue weighted by atomic mass is 16.2. The smallest absolute Gasteiger partial charge is 0.253 e. The van der Waals surface area contributed by atoms with Crippen LogP contribution in [0.4, 0.5) is 0 Å². The Morgan fingerprint density at radius 2 is 1.78 bits per heavy atom. The summed E-state index contributed by atoms with van der Waals surface area (Å²) in [5.41, 5.74) is 0. The van der Waals surface area contributed by atoms with Crippen LogP contribution < -0.4 is 5.32 Å². The maximum absolute atomic E-state index is 11.3. The molecular weight excluding hydrogens is 236 g/mol. The minimum Gasteiger partial charge on any atom is -0.354 e. The number of nitrogens with zero attached hydrogens (tertiary/aromatic N) is 1. The van der Waals surface area contributed by atoms with E-state index in [1.54, 1.807) is 6.92 Å². The lowest BCUT2D eigenvalue weighted by Gasteiger charge is -2.13. The zero-order valence-corrected chi connectivity index (χ0v) is 10.3. The predicted molar refractivity (Wildman–Crippen MR) is 63.4 cm³/mol. The van der Waals surface area contributed by atoms with Crippen LogP contribution in [0.1, 0.15) is 26.2 Å². The number of rotatable bonds is 7. The fourth-order valence-corrected chi connectivity index (χ4v) is 1.48. The van der Waals surface area contributed by atoms with Gasteiger partial charge in [-0.05, 0) is 0 Å². The molecule has 1 aliphatic heterocycles. The fraction of sp³-hybridized carbons (Fsp3) is 0.500. The maximum atomic E-state index is 11.3. The Bertz CT molecular complexity index is 383. The lowest BCUT2D eigenvalue weighted by Crippen LogP contribution is -2.38. The van der Waals surface area contributed by atoms with Crippen molar-refractivity contribution >= 4 is 23.5 Å². The summed E-state index contributed by atoms with van der Waals surface area (Å²) in [4.78, 5) is 45.7. The zero-order chi connectivity index (χ0) is 13.5. The Hall–Kier alpha value is -1.98. The SMILES string of the molecule is CCC(=O)CCC(=O)NCCN1C(=O)C=CC1=O. The van der Waals surface area contributed by atoms with Crippen LogP contribution in [0.2, 0.25) is 0 Å². The van der Waals surface area contributed by atoms with E-state index in [-0.39, 0.29) is 49.4 Å². The normalized spacial score (nSPS) is 14.2. The summed E-state index contributed by atoms with van der Waals surface area (Å²) in [6, 6.07) is 0. The van der Waals surface area contributed by atoms with Gasteiger partial charge in [-0.25, -0.2) is 0 Å². The number of nitrogens with one attached hydrogen (secondary N) is 1. The van der Waals surface area contributed by atoms with Crippen molar-refractivity contribution in [3.63, 3.8) is 0 Å². The average Bonchev–Trinajstić information content (AvgIpc) is 2.67. The van der Waals surface area contributed by atoms with Crippen molar-refractivity contribution in [2.24, 2.45) is 0 Å². The molecule has 0 aromatic carbocycles. The minimum absolute atomic E-state index is 0.0410. The molecule has 0 unspecified atom stereocenters. The van der Waals surface area contributed by atoms with E-state index < -0.39 is 0 Å². The van der Waals surface area contributed by atoms with Gasteiger partial charge in [0.25, 0.3) is 11.8 Å². The third kappa shape index (κ3) is 4.12. The molecule has 0 atom stereocenters. The number of carbonyl (C=O) groups excluding carboxylic acids is 4. The molecule has 0 radical (unpaired) electrons. The predicted octanol–water partition coefficient (Wildman–Crippen LogP) is -0.213. The van der Waals surface area contributed by atoms with Gasteiger partial charge >= 0.3 is 0 Å². The van der Waals surface area contributed by atoms with Crippen molar-refractivity contribution in [3.05, 3.63) is 12.2 Å². The topological polar surface area (TPSA) is 83.6 Å². The number of amides is 3. The van der Waals surface area contributed by atoms with E-state index in [0.717, 1.165) is 4.90 Å². The van der Waals surface area contributed by atoms with Gasteiger partial charge in [-0.2, -0.15) is 0 Å². The largest absolute Gasteiger partial charge is 0.354 e. The Morgan fingerprint density at radius 3 is 2.33 bits per heavy atom. The van der Waals surface area contributed by atoms with Crippen LogP contribution in [0, 0.1) is 0 Å². The summed E-state index contributed by atoms with van der Waals surface area (Å²) in [6.45, 7) is 2.11. The van der Waals surface area contributed by atoms with Crippen molar-refractivity contribution in [2.75, 3.05) is 13.1 Å². The van der Waals surface area contributed by atoms with Gasteiger partial charge in [0.05, 0.1) is 0 Å². The molecule has 0 aromatic rings. The molecule has 0 saturated carbocycles. The highest BCUT2D eigenvalue weighted by Gasteiger charge is 2.22. The maximum Gasteiger partial charge on any atom is 0.253 e. The van der Waals surface area contributed by atoms with E-state index in [1.165, 1.54) is 12.2 Å². The van der Waals surface area contributed by atoms with Crippen molar-refractivity contribution in [3.8, 4) is 0 Å². The van der Waals surface area contributed by atoms with Crippen LogP contribution in [0.25, 0.3) is 0 Å². The quantitative estimate of drug-likeness (QED) is 0.635. The number of ketones is 1. The molecule has 98 valence electrons. The highest BCUT2D eigenvalue weighted by Crippen LogP contribution is 2.01. The second kappa shape index (κ2) is 6.68. The molecule has 3 amide bonds. The zero-order valence-electron chi connectivity index (χ0n) is 10.3. The number of imide groups is 1. The summed E-state index contributed by atoms with van der Waals surface area (Å²) in [7, 11) is 0. The molecule has 1 heterocycles. The molecule has 1 N–H and O–H groups in total. The molecule has 0 bridgehead atoms. The number of Topliss-reactive ketones (excluding diaryl/α,β-unsaturated/α-hetero) is 1. The number of carbonyl (C=O) groups is 4. The summed E-state index contributed by atoms with van der Waals surface area (Å²) in [5.74, 6) is -0.936. The molecule has 6 nitrogen and oxygen atoms in total. The number of hydrogen-bond donors (Lipinski definition) is 1. The van der Waals surface area contributed by atoms with Crippen LogP contribution in [0.5, 0.6) is 0 Å². The molecule has 1 aliphatic rings. The molecule has 0 saturated heterocycles. The van der Waals surface area contributed by atoms with Crippen LogP contribution in [-0.2, 0) is 19.2 Å². The van der Waals surface area contributed by atoms with Crippen LogP contribution in [0.3, 0.4) is 0 Å². The lowest BCUT2D eigenvalue weighted by molar-refractivity contribution is -0.137. The van der Waals surface area contributed by atoms with Crippen molar-refractivity contribution < 1.29 is 19.2 Å². The van der Waals surface area contributed by atoms with E-state index in [4.69, 9.17) is 0 Å². The van der Waals surface area contributed by atoms with Crippen LogP contribution in [-0.4, -0.2) is 41.5 Å². The van der Waals surface area contributed by atoms with Gasteiger partial charge in [-0.15, -0.1) is 0 Å². The molecule has 0 aliphatic carbocycles. The summed E-state index contributed by atoms with van der Waals surface area (Å²) in [5, 5.41) is 2.57. The highest BCUT2D eigenvalue weighted by molar-refractivity contribution is 6.12. The van der Waals surface area contributed by atoms with Crippen molar-refractivity contribution in [1.29, 1.82) is 0 Å². The molecular formula is C12H16N2O4. The van der Waals surface area contributed by atoms with Gasteiger partial charge in [-0.3, -0.25) is 24.1 Å². The van der Waals surface area contributed by atoms with Crippen LogP contribution >= 0.6 is 0 Å². The molecule has 0 spiro atoms. The summed E-state index contributed by atoms with van der Waals surface area (Å²) < 4.78 is 0. The molecule has 0 aromatic heterocycles. The third-order valence-electron chi connectivity index (χ3n) is 2.58. The van der Waals surface area contributed by atoms with Crippen LogP contribution in [0.15, 0.2) is 12.2 Å². The van der Waals surface area contributed by atoms with Gasteiger partial charge in [-0.1, -0.05) is 6.92 Å². The van der Waals surface area contributed by atoms with Gasteiger partial charge in [0.15, 0.2) is 0 Å². The van der Waals surface area contributed by atoms with Gasteiger partial charge in [0.2, 0.25) is 5.91 Å². The number of hydrogen-bond acceptors (Lipinski definition) is 4.